The molecule has 27 heavy (non-hydrogen) atoms. The Kier molecular flexibility index (Phi) is 6.07. The van der Waals surface area contributed by atoms with Gasteiger partial charge >= 0.3 is 0 Å². The number of benzene rings is 2. The third kappa shape index (κ3) is 4.62. The van der Waals surface area contributed by atoms with Gasteiger partial charge in [0.25, 0.3) is 10.0 Å². The van der Waals surface area contributed by atoms with E-state index in [1.54, 1.807) is 47.4 Å². The summed E-state index contributed by atoms with van der Waals surface area (Å²) in [6.45, 7) is 3.27. The van der Waals surface area contributed by atoms with Gasteiger partial charge in [0.1, 0.15) is 6.54 Å². The van der Waals surface area contributed by atoms with E-state index in [1.807, 2.05) is 0 Å². The number of hydrogen-bond donors (Lipinski definition) is 0. The molecule has 1 aliphatic heterocycles. The summed E-state index contributed by atoms with van der Waals surface area (Å²) in [5, 5.41) is 0.507. The highest BCUT2D eigenvalue weighted by atomic mass is 35.5. The van der Waals surface area contributed by atoms with E-state index >= 15 is 0 Å². The molecular weight excluding hydrogens is 384 g/mol. The molecule has 0 saturated carbocycles. The van der Waals surface area contributed by atoms with E-state index in [1.165, 1.54) is 16.4 Å². The zero-order valence-electron chi connectivity index (χ0n) is 15.2. The number of piperidine rings is 1. The predicted octanol–water partition coefficient (Wildman–Crippen LogP) is 3.79. The van der Waals surface area contributed by atoms with Crippen LogP contribution in [-0.2, 0) is 14.8 Å². The number of hydrogen-bond acceptors (Lipinski definition) is 3. The van der Waals surface area contributed by atoms with Crippen molar-refractivity contribution in [1.82, 2.24) is 4.90 Å². The Hall–Kier alpha value is -2.05. The molecular formula is C20H23ClN2O3S. The largest absolute Gasteiger partial charge is 0.341 e. The van der Waals surface area contributed by atoms with Crippen molar-refractivity contribution in [2.24, 2.45) is 5.92 Å². The minimum atomic E-state index is -3.87. The molecule has 144 valence electrons. The summed E-state index contributed by atoms with van der Waals surface area (Å²) in [4.78, 5) is 14.7. The fraction of sp³-hybridized carbons (Fsp3) is 0.350. The van der Waals surface area contributed by atoms with Crippen molar-refractivity contribution < 1.29 is 13.2 Å². The van der Waals surface area contributed by atoms with Crippen LogP contribution in [0.1, 0.15) is 19.8 Å². The second-order valence-electron chi connectivity index (χ2n) is 6.86. The van der Waals surface area contributed by atoms with Gasteiger partial charge in [-0.15, -0.1) is 0 Å². The molecule has 1 aliphatic rings. The highest BCUT2D eigenvalue weighted by Crippen LogP contribution is 2.26. The maximum absolute atomic E-state index is 13.2. The number of halogens is 1. The molecule has 3 rings (SSSR count). The number of amides is 1. The second-order valence-corrected chi connectivity index (χ2v) is 9.16. The van der Waals surface area contributed by atoms with E-state index in [9.17, 15) is 13.2 Å². The molecule has 0 aromatic heterocycles. The lowest BCUT2D eigenvalue weighted by molar-refractivity contribution is -0.130. The molecule has 0 radical (unpaired) electrons. The summed E-state index contributed by atoms with van der Waals surface area (Å²) in [7, 11) is -3.87. The number of anilines is 1. The minimum Gasteiger partial charge on any atom is -0.341 e. The molecule has 0 spiro atoms. The fourth-order valence-corrected chi connectivity index (χ4v) is 4.68. The molecule has 0 bridgehead atoms. The van der Waals surface area contributed by atoms with Crippen molar-refractivity contribution in [3.05, 3.63) is 59.6 Å². The Morgan fingerprint density at radius 1 is 1.07 bits per heavy atom. The zero-order chi connectivity index (χ0) is 19.4. The quantitative estimate of drug-likeness (QED) is 0.758. The third-order valence-corrected chi connectivity index (χ3v) is 6.90. The van der Waals surface area contributed by atoms with Gasteiger partial charge in [-0.25, -0.2) is 8.42 Å². The normalized spacial score (nSPS) is 15.6. The summed E-state index contributed by atoms with van der Waals surface area (Å²) >= 11 is 5.95. The lowest BCUT2D eigenvalue weighted by Crippen LogP contribution is -2.45. The molecule has 5 nitrogen and oxygen atoms in total. The van der Waals surface area contributed by atoms with Crippen LogP contribution >= 0.6 is 11.6 Å². The number of nitrogens with zero attached hydrogens (tertiary/aromatic N) is 2. The first-order valence-electron chi connectivity index (χ1n) is 8.99. The molecule has 1 heterocycles. The van der Waals surface area contributed by atoms with Crippen molar-refractivity contribution in [2.45, 2.75) is 24.7 Å². The summed E-state index contributed by atoms with van der Waals surface area (Å²) in [5.74, 6) is 0.408. The van der Waals surface area contributed by atoms with Crippen molar-refractivity contribution in [2.75, 3.05) is 23.9 Å². The van der Waals surface area contributed by atoms with E-state index in [4.69, 9.17) is 11.6 Å². The van der Waals surface area contributed by atoms with E-state index < -0.39 is 10.0 Å². The average molecular weight is 407 g/mol. The van der Waals surface area contributed by atoms with Crippen molar-refractivity contribution in [3.63, 3.8) is 0 Å². The summed E-state index contributed by atoms with van der Waals surface area (Å²) in [6, 6.07) is 14.6. The first kappa shape index (κ1) is 19.7. The molecule has 0 unspecified atom stereocenters. The Balaban J connectivity index is 1.91. The maximum Gasteiger partial charge on any atom is 0.264 e. The van der Waals surface area contributed by atoms with Crippen LogP contribution in [0.5, 0.6) is 0 Å². The summed E-state index contributed by atoms with van der Waals surface area (Å²) in [5.41, 5.74) is 0.419. The van der Waals surface area contributed by atoms with Gasteiger partial charge in [0, 0.05) is 18.1 Å². The number of rotatable bonds is 5. The SMILES string of the molecule is CC1CCN(C(=O)CN(c2ccc(Cl)cc2)S(=O)(=O)c2ccccc2)CC1. The first-order chi connectivity index (χ1) is 12.9. The summed E-state index contributed by atoms with van der Waals surface area (Å²) in [6.07, 6.45) is 1.89. The molecule has 7 heteroatoms. The lowest BCUT2D eigenvalue weighted by atomic mass is 9.99. The van der Waals surface area contributed by atoms with Gasteiger partial charge in [0.15, 0.2) is 0 Å². The highest BCUT2D eigenvalue weighted by Gasteiger charge is 2.29. The van der Waals surface area contributed by atoms with Gasteiger partial charge in [-0.3, -0.25) is 9.10 Å². The number of likely N-dealkylation sites (tertiary alicyclic amines) is 1. The average Bonchev–Trinajstić information content (AvgIpc) is 2.68. The smallest absolute Gasteiger partial charge is 0.264 e. The van der Waals surface area contributed by atoms with Crippen LogP contribution in [0.15, 0.2) is 59.5 Å². The second kappa shape index (κ2) is 8.31. The zero-order valence-corrected chi connectivity index (χ0v) is 16.8. The molecule has 2 aromatic rings. The van der Waals surface area contributed by atoms with Gasteiger partial charge in [-0.1, -0.05) is 36.7 Å². The number of carbonyl (C=O) groups excluding carboxylic acids is 1. The first-order valence-corrected chi connectivity index (χ1v) is 10.8. The van der Waals surface area contributed by atoms with Crippen LogP contribution < -0.4 is 4.31 Å². The fourth-order valence-electron chi connectivity index (χ4n) is 3.12. The van der Waals surface area contributed by atoms with Crippen LogP contribution in [-0.4, -0.2) is 38.9 Å². The van der Waals surface area contributed by atoms with E-state index in [0.29, 0.717) is 29.7 Å². The Bertz CT molecular complexity index is 877. The van der Waals surface area contributed by atoms with Crippen LogP contribution in [0.2, 0.25) is 5.02 Å². The van der Waals surface area contributed by atoms with Gasteiger partial charge < -0.3 is 4.90 Å². The van der Waals surface area contributed by atoms with Crippen LogP contribution in [0.25, 0.3) is 0 Å². The van der Waals surface area contributed by atoms with Crippen molar-refractivity contribution in [1.29, 1.82) is 0 Å². The van der Waals surface area contributed by atoms with Gasteiger partial charge in [-0.2, -0.15) is 0 Å². The standard InChI is InChI=1S/C20H23ClN2O3S/c1-16-11-13-22(14-12-16)20(24)15-23(18-9-7-17(21)8-10-18)27(25,26)19-5-3-2-4-6-19/h2-10,16H,11-15H2,1H3. The molecule has 1 fully saturated rings. The predicted molar refractivity (Wildman–Crippen MR) is 107 cm³/mol. The molecule has 1 amide bonds. The van der Waals surface area contributed by atoms with Crippen molar-refractivity contribution >= 4 is 33.2 Å². The maximum atomic E-state index is 13.2. The summed E-state index contributed by atoms with van der Waals surface area (Å²) < 4.78 is 27.6. The van der Waals surface area contributed by atoms with E-state index in [-0.39, 0.29) is 17.3 Å². The molecule has 2 aromatic carbocycles. The minimum absolute atomic E-state index is 0.153. The molecule has 0 atom stereocenters. The Morgan fingerprint density at radius 3 is 2.26 bits per heavy atom. The molecule has 0 N–H and O–H groups in total. The van der Waals surface area contributed by atoms with Gasteiger partial charge in [0.05, 0.1) is 10.6 Å². The van der Waals surface area contributed by atoms with E-state index in [2.05, 4.69) is 6.92 Å². The van der Waals surface area contributed by atoms with Crippen LogP contribution in [0.3, 0.4) is 0 Å². The van der Waals surface area contributed by atoms with Gasteiger partial charge in [0.2, 0.25) is 5.91 Å². The van der Waals surface area contributed by atoms with Crippen LogP contribution in [0, 0.1) is 5.92 Å². The van der Waals surface area contributed by atoms with Crippen LogP contribution in [0.4, 0.5) is 5.69 Å². The Labute approximate surface area is 165 Å². The lowest BCUT2D eigenvalue weighted by Gasteiger charge is -2.32. The molecule has 0 aliphatic carbocycles. The monoisotopic (exact) mass is 406 g/mol. The number of carbonyl (C=O) groups is 1. The van der Waals surface area contributed by atoms with Crippen molar-refractivity contribution in [3.8, 4) is 0 Å². The topological polar surface area (TPSA) is 57.7 Å². The molecule has 1 saturated heterocycles. The number of sulfonamides is 1. The highest BCUT2D eigenvalue weighted by molar-refractivity contribution is 7.92. The third-order valence-electron chi connectivity index (χ3n) is 4.86. The van der Waals surface area contributed by atoms with E-state index in [0.717, 1.165) is 12.8 Å². The van der Waals surface area contributed by atoms with Gasteiger partial charge in [-0.05, 0) is 55.2 Å². The Morgan fingerprint density at radius 2 is 1.67 bits per heavy atom.